The molecule has 0 aliphatic carbocycles. The Kier molecular flexibility index (Phi) is 15.0. The number of likely N-dealkylation sites (tertiary alicyclic amines) is 1. The summed E-state index contributed by atoms with van der Waals surface area (Å²) in [6.07, 6.45) is 1.32. The molecule has 0 saturated carbocycles. The van der Waals surface area contributed by atoms with Gasteiger partial charge in [0.25, 0.3) is 5.91 Å². The first-order valence-electron chi connectivity index (χ1n) is 23.0. The maximum Gasteiger partial charge on any atom is 0.410 e. The number of carbonyl (C=O) groups is 3. The Morgan fingerprint density at radius 3 is 1.61 bits per heavy atom. The fourth-order valence-corrected chi connectivity index (χ4v) is 8.07. The molecule has 17 heteroatoms. The number of anilines is 4. The number of hydrogen-bond donors (Lipinski definition) is 4. The second-order valence-corrected chi connectivity index (χ2v) is 17.4. The lowest BCUT2D eigenvalue weighted by Crippen LogP contribution is -2.43. The molecule has 0 atom stereocenters. The third-order valence-electron chi connectivity index (χ3n) is 11.5. The van der Waals surface area contributed by atoms with Crippen molar-refractivity contribution < 1.29 is 52.6 Å². The first-order valence-corrected chi connectivity index (χ1v) is 23.0. The van der Waals surface area contributed by atoms with Crippen LogP contribution in [0, 0.1) is 5.92 Å². The largest absolute Gasteiger partial charge is 0.486 e. The van der Waals surface area contributed by atoms with Gasteiger partial charge in [0, 0.05) is 30.8 Å². The van der Waals surface area contributed by atoms with Crippen molar-refractivity contribution in [2.24, 2.45) is 5.92 Å². The average Bonchev–Trinajstić information content (AvgIpc) is 3.38. The molecule has 1 saturated heterocycles. The highest BCUT2D eigenvalue weighted by Crippen LogP contribution is 2.42. The molecule has 0 spiro atoms. The number of fused-ring (bicyclic) bond motifs is 2. The molecule has 70 heavy (non-hydrogen) atoms. The maximum absolute atomic E-state index is 13.2. The van der Waals surface area contributed by atoms with Crippen LogP contribution in [-0.2, 0) is 4.74 Å². The number of methoxy groups -OCH3 is 2. The van der Waals surface area contributed by atoms with Crippen LogP contribution in [0.15, 0.2) is 109 Å². The van der Waals surface area contributed by atoms with Crippen LogP contribution in [-0.4, -0.2) is 104 Å². The average molecular weight is 953 g/mol. The number of aromatic nitrogens is 2. The monoisotopic (exact) mass is 952 g/mol. The molecule has 9 rings (SSSR count). The quantitative estimate of drug-likeness (QED) is 0.0903. The Bertz CT molecular complexity index is 2840. The van der Waals surface area contributed by atoms with Crippen LogP contribution in [0.25, 0.3) is 22.5 Å². The second kappa shape index (κ2) is 21.8. The number of nitrogens with zero attached hydrogens (tertiary/aromatic N) is 3. The van der Waals surface area contributed by atoms with Crippen molar-refractivity contribution in [3.63, 3.8) is 0 Å². The molecule has 2 aromatic heterocycles. The minimum atomic E-state index is -1.01. The van der Waals surface area contributed by atoms with Crippen LogP contribution < -0.4 is 44.4 Å². The van der Waals surface area contributed by atoms with Crippen molar-refractivity contribution in [3.05, 3.63) is 120 Å². The molecule has 1 fully saturated rings. The van der Waals surface area contributed by atoms with E-state index in [1.807, 2.05) is 93.6 Å². The van der Waals surface area contributed by atoms with Gasteiger partial charge in [0.1, 0.15) is 43.4 Å². The number of carboxylic acid groups (broad SMARTS) is 1. The second-order valence-electron chi connectivity index (χ2n) is 17.4. The van der Waals surface area contributed by atoms with Crippen LogP contribution in [0.5, 0.6) is 34.8 Å². The Morgan fingerprint density at radius 2 is 1.11 bits per heavy atom. The van der Waals surface area contributed by atoms with E-state index in [2.05, 4.69) is 20.9 Å². The minimum Gasteiger partial charge on any atom is -0.486 e. The van der Waals surface area contributed by atoms with Crippen molar-refractivity contribution in [2.45, 2.75) is 39.2 Å². The summed E-state index contributed by atoms with van der Waals surface area (Å²) in [7, 11) is 3.07. The van der Waals surface area contributed by atoms with Gasteiger partial charge in [-0.2, -0.15) is 0 Å². The van der Waals surface area contributed by atoms with Crippen molar-refractivity contribution in [2.75, 3.05) is 70.9 Å². The Labute approximate surface area is 406 Å². The first kappa shape index (κ1) is 48.3. The first-order chi connectivity index (χ1) is 33.9. The zero-order valence-electron chi connectivity index (χ0n) is 39.7. The molecule has 0 radical (unpaired) electrons. The number of carbonyl (C=O) groups excluding carboxylic acids is 2. The highest BCUT2D eigenvalue weighted by Gasteiger charge is 2.28. The fraction of sp³-hybridized carbons (Fsp3) is 0.302. The van der Waals surface area contributed by atoms with E-state index in [9.17, 15) is 19.5 Å². The Hall–Kier alpha value is -8.21. The summed E-state index contributed by atoms with van der Waals surface area (Å²) in [5, 5.41) is 18.9. The van der Waals surface area contributed by atoms with E-state index in [4.69, 9.17) is 38.1 Å². The standard InChI is InChI=1S/C32H38N4O6.C21H18N2O5/c1-32(2,3)42-31(38)36-16-14-21(15-17-36)20-33-29(37)23-8-5-6-10-24(23)34-26-13-12-25(35-30(26)39-4)22-9-7-11-27-28(22)41-19-18-40-27;1-26-20-17(22-15-7-3-2-5-14(15)21(24)25)10-9-16(23-20)13-6-4-8-18-19(13)28-12-11-27-18/h5-13,21,34H,14-20H2,1-4H3,(H,33,37);2-10,22H,11-12H2,1H3,(H,24,25). The molecule has 2 amide bonds. The third-order valence-corrected chi connectivity index (χ3v) is 11.5. The number of aromatic carboxylic acids is 1. The van der Waals surface area contributed by atoms with Gasteiger partial charge in [0.15, 0.2) is 23.0 Å². The number of amides is 2. The lowest BCUT2D eigenvalue weighted by Gasteiger charge is -2.33. The molecule has 4 N–H and O–H groups in total. The maximum atomic E-state index is 13.2. The summed E-state index contributed by atoms with van der Waals surface area (Å²) in [5.41, 5.74) is 5.39. The summed E-state index contributed by atoms with van der Waals surface area (Å²) < 4.78 is 39.5. The number of piperidine rings is 1. The number of benzene rings is 4. The van der Waals surface area contributed by atoms with Crippen molar-refractivity contribution in [1.29, 1.82) is 0 Å². The molecule has 0 unspecified atom stereocenters. The number of pyridine rings is 2. The van der Waals surface area contributed by atoms with Gasteiger partial charge in [0.05, 0.1) is 48.1 Å². The number of nitrogens with one attached hydrogen (secondary N) is 3. The van der Waals surface area contributed by atoms with Gasteiger partial charge in [-0.3, -0.25) is 4.79 Å². The number of hydrogen-bond acceptors (Lipinski definition) is 14. The molecule has 5 heterocycles. The lowest BCUT2D eigenvalue weighted by molar-refractivity contribution is 0.0183. The van der Waals surface area contributed by atoms with E-state index < -0.39 is 11.6 Å². The number of rotatable bonds is 12. The number of ether oxygens (including phenoxy) is 7. The van der Waals surface area contributed by atoms with E-state index >= 15 is 0 Å². The van der Waals surface area contributed by atoms with Crippen LogP contribution in [0.3, 0.4) is 0 Å². The van der Waals surface area contributed by atoms with Crippen molar-refractivity contribution in [3.8, 4) is 57.3 Å². The smallest absolute Gasteiger partial charge is 0.410 e. The third kappa shape index (κ3) is 11.5. The molecule has 6 aromatic rings. The predicted molar refractivity (Wildman–Crippen MR) is 264 cm³/mol. The molecular formula is C53H56N6O11. The predicted octanol–water partition coefficient (Wildman–Crippen LogP) is 9.62. The van der Waals surface area contributed by atoms with E-state index in [0.29, 0.717) is 121 Å². The molecular weight excluding hydrogens is 897 g/mol. The zero-order valence-corrected chi connectivity index (χ0v) is 39.7. The van der Waals surface area contributed by atoms with Crippen LogP contribution >= 0.6 is 0 Å². The van der Waals surface area contributed by atoms with Gasteiger partial charge in [-0.05, 0) is 112 Å². The van der Waals surface area contributed by atoms with Gasteiger partial charge in [-0.1, -0.05) is 36.4 Å². The zero-order chi connectivity index (χ0) is 49.2. The highest BCUT2D eigenvalue weighted by atomic mass is 16.6. The minimum absolute atomic E-state index is 0.163. The van der Waals surface area contributed by atoms with E-state index in [1.165, 1.54) is 13.2 Å². The molecule has 17 nitrogen and oxygen atoms in total. The van der Waals surface area contributed by atoms with Gasteiger partial charge in [-0.25, -0.2) is 19.6 Å². The van der Waals surface area contributed by atoms with E-state index in [0.717, 1.165) is 24.0 Å². The topological polar surface area (TPSA) is 201 Å². The van der Waals surface area contributed by atoms with Gasteiger partial charge >= 0.3 is 12.1 Å². The fourth-order valence-electron chi connectivity index (χ4n) is 8.07. The molecule has 364 valence electrons. The number of para-hydroxylation sites is 4. The van der Waals surface area contributed by atoms with Crippen molar-refractivity contribution in [1.82, 2.24) is 20.2 Å². The summed E-state index contributed by atoms with van der Waals surface area (Å²) >= 11 is 0. The molecule has 0 bridgehead atoms. The summed E-state index contributed by atoms with van der Waals surface area (Å²) in [5.74, 6) is 2.50. The summed E-state index contributed by atoms with van der Waals surface area (Å²) in [6, 6.07) is 32.7. The summed E-state index contributed by atoms with van der Waals surface area (Å²) in [6.45, 7) is 9.33. The highest BCUT2D eigenvalue weighted by molar-refractivity contribution is 6.00. The molecule has 3 aliphatic heterocycles. The van der Waals surface area contributed by atoms with Crippen LogP contribution in [0.2, 0.25) is 0 Å². The molecule has 4 aromatic carbocycles. The van der Waals surface area contributed by atoms with Gasteiger partial charge < -0.3 is 59.1 Å². The van der Waals surface area contributed by atoms with Gasteiger partial charge in [0.2, 0.25) is 11.8 Å². The van der Waals surface area contributed by atoms with Crippen LogP contribution in [0.1, 0.15) is 54.3 Å². The van der Waals surface area contributed by atoms with E-state index in [-0.39, 0.29) is 23.5 Å². The van der Waals surface area contributed by atoms with Gasteiger partial charge in [-0.15, -0.1) is 0 Å². The molecule has 3 aliphatic rings. The SMILES string of the molecule is COc1nc(-c2cccc3c2OCCO3)ccc1Nc1ccccc1C(=O)NCC1CCN(C(=O)OC(C)(C)C)CC1.COc1nc(-c2cccc3c2OCCO3)ccc1Nc1ccccc1C(=O)O. The Morgan fingerprint density at radius 1 is 0.629 bits per heavy atom. The normalized spacial score (nSPS) is 14.0. The van der Waals surface area contributed by atoms with E-state index in [1.54, 1.807) is 42.3 Å². The number of carboxylic acids is 1. The Balaban J connectivity index is 0.000000204. The lowest BCUT2D eigenvalue weighted by atomic mass is 9.97. The van der Waals surface area contributed by atoms with Crippen molar-refractivity contribution >= 4 is 40.7 Å². The van der Waals surface area contributed by atoms with Crippen LogP contribution in [0.4, 0.5) is 27.5 Å². The summed E-state index contributed by atoms with van der Waals surface area (Å²) in [4.78, 5) is 48.1.